The molecule has 0 unspecified atom stereocenters. The maximum atomic E-state index is 12.6. The number of aryl methyl sites for hydroxylation is 1. The smallest absolute Gasteiger partial charge is 0.170 e. The summed E-state index contributed by atoms with van der Waals surface area (Å²) in [6, 6.07) is 15.7. The monoisotopic (exact) mass is 252 g/mol. The van der Waals surface area contributed by atoms with E-state index in [2.05, 4.69) is 0 Å². The van der Waals surface area contributed by atoms with Gasteiger partial charge in [0, 0.05) is 11.1 Å². The van der Waals surface area contributed by atoms with Gasteiger partial charge in [0.05, 0.1) is 13.0 Å². The fourth-order valence-corrected chi connectivity index (χ4v) is 2.85. The Morgan fingerprint density at radius 1 is 1.05 bits per heavy atom. The minimum absolute atomic E-state index is 0.0777. The largest absolute Gasteiger partial charge is 0.496 e. The summed E-state index contributed by atoms with van der Waals surface area (Å²) in [4.78, 5) is 12.6. The van der Waals surface area contributed by atoms with Crippen LogP contribution in [-0.2, 0) is 6.42 Å². The maximum absolute atomic E-state index is 12.6. The zero-order valence-corrected chi connectivity index (χ0v) is 10.9. The van der Waals surface area contributed by atoms with E-state index < -0.39 is 0 Å². The Bertz CT molecular complexity index is 616. The predicted octanol–water partition coefficient (Wildman–Crippen LogP) is 3.61. The minimum Gasteiger partial charge on any atom is -0.496 e. The average molecular weight is 252 g/mol. The Labute approximate surface area is 113 Å². The third-order valence-corrected chi connectivity index (χ3v) is 3.82. The lowest BCUT2D eigenvalue weighted by atomic mass is 9.79. The molecule has 3 rings (SSSR count). The second-order valence-corrected chi connectivity index (χ2v) is 4.85. The van der Waals surface area contributed by atoms with Gasteiger partial charge in [0.2, 0.25) is 0 Å². The molecule has 0 heterocycles. The topological polar surface area (TPSA) is 26.3 Å². The highest BCUT2D eigenvalue weighted by atomic mass is 16.5. The Balaban J connectivity index is 2.03. The zero-order valence-electron chi connectivity index (χ0n) is 10.9. The Hall–Kier alpha value is -2.09. The van der Waals surface area contributed by atoms with Gasteiger partial charge in [-0.25, -0.2) is 0 Å². The van der Waals surface area contributed by atoms with Gasteiger partial charge in [-0.3, -0.25) is 4.79 Å². The van der Waals surface area contributed by atoms with Crippen LogP contribution in [0.4, 0.5) is 0 Å². The molecule has 1 atom stereocenters. The first-order valence-electron chi connectivity index (χ1n) is 6.56. The second kappa shape index (κ2) is 4.88. The normalized spacial score (nSPS) is 17.9. The van der Waals surface area contributed by atoms with Crippen molar-refractivity contribution in [1.29, 1.82) is 0 Å². The van der Waals surface area contributed by atoms with E-state index in [1.807, 2.05) is 48.5 Å². The van der Waals surface area contributed by atoms with Crippen LogP contribution in [0.2, 0.25) is 0 Å². The first-order chi connectivity index (χ1) is 9.31. The van der Waals surface area contributed by atoms with E-state index in [9.17, 15) is 4.79 Å². The summed E-state index contributed by atoms with van der Waals surface area (Å²) in [6.07, 6.45) is 1.81. The molecule has 1 aliphatic carbocycles. The maximum Gasteiger partial charge on any atom is 0.170 e. The van der Waals surface area contributed by atoms with Crippen molar-refractivity contribution >= 4 is 5.78 Å². The third kappa shape index (κ3) is 2.03. The summed E-state index contributed by atoms with van der Waals surface area (Å²) in [5, 5.41) is 0. The van der Waals surface area contributed by atoms with Crippen molar-refractivity contribution < 1.29 is 9.53 Å². The number of hydrogen-bond acceptors (Lipinski definition) is 2. The molecule has 0 saturated carbocycles. The van der Waals surface area contributed by atoms with E-state index in [0.29, 0.717) is 0 Å². The third-order valence-electron chi connectivity index (χ3n) is 3.82. The molecule has 0 N–H and O–H groups in total. The molecule has 0 spiro atoms. The highest BCUT2D eigenvalue weighted by Crippen LogP contribution is 2.36. The number of carbonyl (C=O) groups excluding carboxylic acids is 1. The first-order valence-corrected chi connectivity index (χ1v) is 6.56. The van der Waals surface area contributed by atoms with Crippen LogP contribution in [0, 0.1) is 0 Å². The predicted molar refractivity (Wildman–Crippen MR) is 74.8 cm³/mol. The van der Waals surface area contributed by atoms with Gasteiger partial charge in [0.25, 0.3) is 0 Å². The van der Waals surface area contributed by atoms with Gasteiger partial charge in [-0.05, 0) is 24.5 Å². The number of rotatable bonds is 2. The van der Waals surface area contributed by atoms with Gasteiger partial charge < -0.3 is 4.74 Å². The van der Waals surface area contributed by atoms with Crippen molar-refractivity contribution in [2.24, 2.45) is 0 Å². The van der Waals surface area contributed by atoms with E-state index >= 15 is 0 Å². The van der Waals surface area contributed by atoms with Crippen LogP contribution in [0.15, 0.2) is 48.5 Å². The van der Waals surface area contributed by atoms with Crippen LogP contribution in [0.25, 0.3) is 0 Å². The summed E-state index contributed by atoms with van der Waals surface area (Å²) >= 11 is 0. The van der Waals surface area contributed by atoms with Gasteiger partial charge in [-0.1, -0.05) is 42.5 Å². The molecule has 0 bridgehead atoms. The SMILES string of the molecule is COc1ccccc1[C@@H]1CCc2ccccc2C1=O. The van der Waals surface area contributed by atoms with E-state index in [1.165, 1.54) is 5.56 Å². The highest BCUT2D eigenvalue weighted by molar-refractivity contribution is 6.03. The number of para-hydroxylation sites is 1. The minimum atomic E-state index is -0.0777. The number of fused-ring (bicyclic) bond motifs is 1. The number of ketones is 1. The number of benzene rings is 2. The fourth-order valence-electron chi connectivity index (χ4n) is 2.85. The van der Waals surface area contributed by atoms with Crippen molar-refractivity contribution in [1.82, 2.24) is 0 Å². The molecule has 96 valence electrons. The molecule has 0 saturated heterocycles. The lowest BCUT2D eigenvalue weighted by molar-refractivity contribution is 0.0944. The van der Waals surface area contributed by atoms with Crippen LogP contribution < -0.4 is 4.74 Å². The summed E-state index contributed by atoms with van der Waals surface area (Å²) in [5.41, 5.74) is 3.04. The van der Waals surface area contributed by atoms with Crippen LogP contribution in [-0.4, -0.2) is 12.9 Å². The van der Waals surface area contributed by atoms with Crippen molar-refractivity contribution in [2.75, 3.05) is 7.11 Å². The van der Waals surface area contributed by atoms with E-state index in [-0.39, 0.29) is 11.7 Å². The van der Waals surface area contributed by atoms with E-state index in [4.69, 9.17) is 4.74 Å². The molecular formula is C17H16O2. The molecule has 2 nitrogen and oxygen atoms in total. The van der Waals surface area contributed by atoms with Crippen LogP contribution >= 0.6 is 0 Å². The Morgan fingerprint density at radius 2 is 1.79 bits per heavy atom. The molecule has 2 aromatic carbocycles. The molecular weight excluding hydrogens is 236 g/mol. The van der Waals surface area contributed by atoms with E-state index in [0.717, 1.165) is 29.7 Å². The second-order valence-electron chi connectivity index (χ2n) is 4.85. The molecule has 0 fully saturated rings. The number of methoxy groups -OCH3 is 1. The lowest BCUT2D eigenvalue weighted by Gasteiger charge is -2.24. The van der Waals surface area contributed by atoms with Crippen LogP contribution in [0.1, 0.15) is 33.8 Å². The van der Waals surface area contributed by atoms with Crippen molar-refractivity contribution in [3.63, 3.8) is 0 Å². The number of hydrogen-bond donors (Lipinski definition) is 0. The number of Topliss-reactive ketones (excluding diaryl/α,β-unsaturated/α-hetero) is 1. The lowest BCUT2D eigenvalue weighted by Crippen LogP contribution is -2.21. The van der Waals surface area contributed by atoms with Crippen molar-refractivity contribution in [2.45, 2.75) is 18.8 Å². The molecule has 0 aliphatic heterocycles. The summed E-state index contributed by atoms with van der Waals surface area (Å²) in [6.45, 7) is 0. The summed E-state index contributed by atoms with van der Waals surface area (Å²) in [7, 11) is 1.65. The molecule has 0 radical (unpaired) electrons. The summed E-state index contributed by atoms with van der Waals surface area (Å²) < 4.78 is 5.38. The van der Waals surface area contributed by atoms with E-state index in [1.54, 1.807) is 7.11 Å². The van der Waals surface area contributed by atoms with Crippen LogP contribution in [0.3, 0.4) is 0 Å². The number of carbonyl (C=O) groups is 1. The van der Waals surface area contributed by atoms with Gasteiger partial charge in [-0.15, -0.1) is 0 Å². The van der Waals surface area contributed by atoms with Gasteiger partial charge in [-0.2, -0.15) is 0 Å². The zero-order chi connectivity index (χ0) is 13.2. The molecule has 19 heavy (non-hydrogen) atoms. The van der Waals surface area contributed by atoms with Crippen molar-refractivity contribution in [3.05, 3.63) is 65.2 Å². The average Bonchev–Trinajstić information content (AvgIpc) is 2.48. The quantitative estimate of drug-likeness (QED) is 0.816. The fraction of sp³-hybridized carbons (Fsp3) is 0.235. The standard InChI is InChI=1S/C17H16O2/c1-19-16-9-5-4-8-14(16)15-11-10-12-6-2-3-7-13(12)17(15)18/h2-9,15H,10-11H2,1H3/t15-/m0/s1. The number of ether oxygens (including phenoxy) is 1. The van der Waals surface area contributed by atoms with Gasteiger partial charge in [0.1, 0.15) is 5.75 Å². The van der Waals surface area contributed by atoms with Gasteiger partial charge >= 0.3 is 0 Å². The molecule has 2 aromatic rings. The van der Waals surface area contributed by atoms with Crippen LogP contribution in [0.5, 0.6) is 5.75 Å². The highest BCUT2D eigenvalue weighted by Gasteiger charge is 2.29. The first kappa shape index (κ1) is 12.0. The Morgan fingerprint density at radius 3 is 2.63 bits per heavy atom. The van der Waals surface area contributed by atoms with Gasteiger partial charge in [0.15, 0.2) is 5.78 Å². The molecule has 0 aromatic heterocycles. The molecule has 1 aliphatic rings. The molecule has 0 amide bonds. The summed E-state index contributed by atoms with van der Waals surface area (Å²) in [5.74, 6) is 0.942. The Kier molecular flexibility index (Phi) is 3.08. The molecule has 2 heteroatoms. The van der Waals surface area contributed by atoms with Crippen molar-refractivity contribution in [3.8, 4) is 5.75 Å².